The van der Waals surface area contributed by atoms with E-state index in [0.717, 1.165) is 6.07 Å². The molecule has 3 N–H and O–H groups in total. The van der Waals surface area contributed by atoms with E-state index in [9.17, 15) is 9.18 Å². The lowest BCUT2D eigenvalue weighted by molar-refractivity contribution is 0.102. The largest absolute Gasteiger partial charge is 0.398 e. The average molecular weight is 345 g/mol. The average Bonchev–Trinajstić information content (AvgIpc) is 2.36. The van der Waals surface area contributed by atoms with Crippen molar-refractivity contribution < 1.29 is 9.18 Å². The number of amides is 1. The Balaban J connectivity index is 2.25. The van der Waals surface area contributed by atoms with E-state index in [1.54, 1.807) is 6.07 Å². The van der Waals surface area contributed by atoms with Crippen LogP contribution < -0.4 is 11.1 Å². The molecule has 2 rings (SSSR count). The van der Waals surface area contributed by atoms with Gasteiger partial charge in [0.05, 0.1) is 21.9 Å². The maximum Gasteiger partial charge on any atom is 0.257 e. The second-order valence-corrected chi connectivity index (χ2v) is 4.89. The third-order valence-electron chi connectivity index (χ3n) is 2.31. The highest BCUT2D eigenvalue weighted by Gasteiger charge is 2.12. The third kappa shape index (κ3) is 3.21. The minimum absolute atomic E-state index is 0.0612. The molecular formula is C12H8BrClFN3O. The molecule has 7 heteroatoms. The van der Waals surface area contributed by atoms with E-state index in [-0.39, 0.29) is 16.4 Å². The van der Waals surface area contributed by atoms with Gasteiger partial charge in [-0.05, 0) is 40.2 Å². The van der Waals surface area contributed by atoms with Crippen molar-refractivity contribution in [2.45, 2.75) is 0 Å². The molecule has 0 saturated carbocycles. The summed E-state index contributed by atoms with van der Waals surface area (Å²) in [5.74, 6) is -1.05. The molecule has 4 nitrogen and oxygen atoms in total. The number of rotatable bonds is 2. The van der Waals surface area contributed by atoms with E-state index in [1.807, 2.05) is 0 Å². The molecular weight excluding hydrogens is 337 g/mol. The fraction of sp³-hybridized carbons (Fsp3) is 0. The summed E-state index contributed by atoms with van der Waals surface area (Å²) >= 11 is 8.93. The quantitative estimate of drug-likeness (QED) is 0.647. The lowest BCUT2D eigenvalue weighted by atomic mass is 10.1. The van der Waals surface area contributed by atoms with Crippen molar-refractivity contribution in [1.82, 2.24) is 4.98 Å². The van der Waals surface area contributed by atoms with Gasteiger partial charge in [0.2, 0.25) is 0 Å². The molecule has 0 aliphatic heterocycles. The summed E-state index contributed by atoms with van der Waals surface area (Å²) < 4.78 is 13.6. The van der Waals surface area contributed by atoms with E-state index in [0.29, 0.717) is 10.2 Å². The molecule has 0 unspecified atom stereocenters. The van der Waals surface area contributed by atoms with Gasteiger partial charge in [-0.25, -0.2) is 9.37 Å². The fourth-order valence-corrected chi connectivity index (χ4v) is 1.87. The Hall–Kier alpha value is -1.66. The molecule has 0 radical (unpaired) electrons. The van der Waals surface area contributed by atoms with Gasteiger partial charge in [-0.2, -0.15) is 0 Å². The van der Waals surface area contributed by atoms with Gasteiger partial charge in [0.15, 0.2) is 0 Å². The number of hydrogen-bond acceptors (Lipinski definition) is 3. The summed E-state index contributed by atoms with van der Waals surface area (Å²) in [4.78, 5) is 15.8. The topological polar surface area (TPSA) is 68.0 Å². The van der Waals surface area contributed by atoms with E-state index >= 15 is 0 Å². The number of pyridine rings is 1. The summed E-state index contributed by atoms with van der Waals surface area (Å²) in [6.07, 6.45) is 1.39. The SMILES string of the molecule is Nc1ccc(F)cc1C(=O)Nc1cnc(Cl)c(Br)c1. The first-order chi connectivity index (χ1) is 8.97. The van der Waals surface area contributed by atoms with Crippen LogP contribution in [0.15, 0.2) is 34.9 Å². The van der Waals surface area contributed by atoms with Crippen molar-refractivity contribution in [2.75, 3.05) is 11.1 Å². The second kappa shape index (κ2) is 5.54. The summed E-state index contributed by atoms with van der Waals surface area (Å²) in [6, 6.07) is 5.18. The number of carbonyl (C=O) groups is 1. The Morgan fingerprint density at radius 3 is 2.84 bits per heavy atom. The molecule has 98 valence electrons. The van der Waals surface area contributed by atoms with Crippen molar-refractivity contribution in [3.63, 3.8) is 0 Å². The summed E-state index contributed by atoms with van der Waals surface area (Å²) in [6.45, 7) is 0. The number of hydrogen-bond donors (Lipinski definition) is 2. The molecule has 1 aromatic carbocycles. The molecule has 0 spiro atoms. The molecule has 2 aromatic rings. The molecule has 1 aromatic heterocycles. The zero-order valence-electron chi connectivity index (χ0n) is 9.45. The van der Waals surface area contributed by atoms with E-state index in [2.05, 4.69) is 26.2 Å². The van der Waals surface area contributed by atoms with Gasteiger partial charge >= 0.3 is 0 Å². The first kappa shape index (κ1) is 13.8. The van der Waals surface area contributed by atoms with Crippen LogP contribution in [0.1, 0.15) is 10.4 Å². The number of carbonyl (C=O) groups excluding carboxylic acids is 1. The van der Waals surface area contributed by atoms with Crippen LogP contribution in [0, 0.1) is 5.82 Å². The van der Waals surface area contributed by atoms with E-state index in [4.69, 9.17) is 17.3 Å². The smallest absolute Gasteiger partial charge is 0.257 e. The molecule has 0 aliphatic carbocycles. The standard InChI is InChI=1S/C12H8BrClFN3O/c13-9-4-7(5-17-11(9)14)18-12(19)8-3-6(15)1-2-10(8)16/h1-5H,16H2,(H,18,19). The minimum atomic E-state index is -0.533. The number of nitrogens with two attached hydrogens (primary N) is 1. The Labute approximate surface area is 121 Å². The molecule has 0 bridgehead atoms. The maximum atomic E-state index is 13.1. The Kier molecular flexibility index (Phi) is 4.01. The van der Waals surface area contributed by atoms with Crippen LogP contribution in [0.2, 0.25) is 5.15 Å². The van der Waals surface area contributed by atoms with Crippen molar-refractivity contribution >= 4 is 44.8 Å². The normalized spacial score (nSPS) is 10.3. The van der Waals surface area contributed by atoms with Gasteiger partial charge in [-0.1, -0.05) is 11.6 Å². The monoisotopic (exact) mass is 343 g/mol. The number of halogens is 3. The molecule has 19 heavy (non-hydrogen) atoms. The highest BCUT2D eigenvalue weighted by molar-refractivity contribution is 9.10. The number of anilines is 2. The van der Waals surface area contributed by atoms with Crippen LogP contribution >= 0.6 is 27.5 Å². The zero-order valence-corrected chi connectivity index (χ0v) is 11.8. The maximum absolute atomic E-state index is 13.1. The van der Waals surface area contributed by atoms with Crippen LogP contribution in [-0.4, -0.2) is 10.9 Å². The van der Waals surface area contributed by atoms with Crippen LogP contribution in [0.4, 0.5) is 15.8 Å². The van der Waals surface area contributed by atoms with Gasteiger partial charge in [0.1, 0.15) is 11.0 Å². The van der Waals surface area contributed by atoms with Crippen molar-refractivity contribution in [1.29, 1.82) is 0 Å². The third-order valence-corrected chi connectivity index (χ3v) is 3.45. The Bertz CT molecular complexity index is 651. The molecule has 1 amide bonds. The summed E-state index contributed by atoms with van der Waals surface area (Å²) in [7, 11) is 0. The van der Waals surface area contributed by atoms with Gasteiger partial charge in [-0.3, -0.25) is 4.79 Å². The number of nitrogen functional groups attached to an aromatic ring is 1. The fourth-order valence-electron chi connectivity index (χ4n) is 1.41. The summed E-state index contributed by atoms with van der Waals surface area (Å²) in [5, 5.41) is 2.84. The number of nitrogens with one attached hydrogen (secondary N) is 1. The van der Waals surface area contributed by atoms with E-state index in [1.165, 1.54) is 18.3 Å². The molecule has 0 saturated heterocycles. The second-order valence-electron chi connectivity index (χ2n) is 3.68. The first-order valence-electron chi connectivity index (χ1n) is 5.15. The predicted octanol–water partition coefficient (Wildman–Crippen LogP) is 3.47. The highest BCUT2D eigenvalue weighted by atomic mass is 79.9. The predicted molar refractivity (Wildman–Crippen MR) is 75.7 cm³/mol. The van der Waals surface area contributed by atoms with Gasteiger partial charge in [0.25, 0.3) is 5.91 Å². The van der Waals surface area contributed by atoms with Crippen molar-refractivity contribution in [3.8, 4) is 0 Å². The lowest BCUT2D eigenvalue weighted by Crippen LogP contribution is -2.14. The van der Waals surface area contributed by atoms with Gasteiger partial charge in [0, 0.05) is 5.69 Å². The summed E-state index contributed by atoms with van der Waals surface area (Å²) in [5.41, 5.74) is 6.30. The van der Waals surface area contributed by atoms with Crippen LogP contribution in [0.5, 0.6) is 0 Å². The number of aromatic nitrogens is 1. The Morgan fingerprint density at radius 2 is 2.16 bits per heavy atom. The van der Waals surface area contributed by atoms with Crippen LogP contribution in [-0.2, 0) is 0 Å². The lowest BCUT2D eigenvalue weighted by Gasteiger charge is -2.08. The number of nitrogens with zero attached hydrogens (tertiary/aromatic N) is 1. The van der Waals surface area contributed by atoms with Gasteiger partial charge in [-0.15, -0.1) is 0 Å². The first-order valence-corrected chi connectivity index (χ1v) is 6.32. The molecule has 0 fully saturated rings. The minimum Gasteiger partial charge on any atom is -0.398 e. The van der Waals surface area contributed by atoms with Crippen molar-refractivity contribution in [2.24, 2.45) is 0 Å². The van der Waals surface area contributed by atoms with Crippen molar-refractivity contribution in [3.05, 3.63) is 51.5 Å². The molecule has 1 heterocycles. The molecule has 0 atom stereocenters. The van der Waals surface area contributed by atoms with E-state index < -0.39 is 11.7 Å². The number of benzene rings is 1. The van der Waals surface area contributed by atoms with Crippen LogP contribution in [0.25, 0.3) is 0 Å². The van der Waals surface area contributed by atoms with Crippen LogP contribution in [0.3, 0.4) is 0 Å². The molecule has 0 aliphatic rings. The zero-order chi connectivity index (χ0) is 14.0. The Morgan fingerprint density at radius 1 is 1.42 bits per heavy atom. The highest BCUT2D eigenvalue weighted by Crippen LogP contribution is 2.23. The van der Waals surface area contributed by atoms with Gasteiger partial charge < -0.3 is 11.1 Å².